The molecule has 0 radical (unpaired) electrons. The van der Waals surface area contributed by atoms with Gasteiger partial charge < -0.3 is 9.73 Å². The van der Waals surface area contributed by atoms with Gasteiger partial charge in [-0.3, -0.25) is 14.6 Å². The van der Waals surface area contributed by atoms with Crippen LogP contribution in [-0.4, -0.2) is 47.9 Å². The van der Waals surface area contributed by atoms with Crippen LogP contribution < -0.4 is 5.32 Å². The number of carbonyl (C=O) groups is 1. The van der Waals surface area contributed by atoms with Crippen LogP contribution in [-0.2, 0) is 11.3 Å². The average Bonchev–Trinajstić information content (AvgIpc) is 3.11. The van der Waals surface area contributed by atoms with Crippen molar-refractivity contribution in [2.75, 3.05) is 31.5 Å². The summed E-state index contributed by atoms with van der Waals surface area (Å²) in [7, 11) is 0. The van der Waals surface area contributed by atoms with E-state index in [9.17, 15) is 13.6 Å². The standard InChI is InChI=1S/C18H21F2N3O2/c1-13(18(24)21-17-11-14(19)4-5-16(17)20)23-8-6-22(7-9-23)12-15-3-2-10-25-15/h2-5,10-11,13H,6-9,12H2,1H3,(H,21,24)/t13-/m0/s1. The Labute approximate surface area is 145 Å². The molecule has 1 aliphatic rings. The van der Waals surface area contributed by atoms with Crippen LogP contribution in [0.4, 0.5) is 14.5 Å². The van der Waals surface area contributed by atoms with Crippen molar-refractivity contribution in [1.82, 2.24) is 9.80 Å². The van der Waals surface area contributed by atoms with Crippen molar-refractivity contribution in [1.29, 1.82) is 0 Å². The summed E-state index contributed by atoms with van der Waals surface area (Å²) in [6.45, 7) is 5.59. The topological polar surface area (TPSA) is 48.7 Å². The van der Waals surface area contributed by atoms with Gasteiger partial charge >= 0.3 is 0 Å². The minimum atomic E-state index is -0.648. The monoisotopic (exact) mass is 349 g/mol. The highest BCUT2D eigenvalue weighted by Crippen LogP contribution is 2.17. The van der Waals surface area contributed by atoms with Crippen LogP contribution in [0, 0.1) is 11.6 Å². The molecule has 1 N–H and O–H groups in total. The number of amides is 1. The van der Waals surface area contributed by atoms with Crippen molar-refractivity contribution in [3.63, 3.8) is 0 Å². The highest BCUT2D eigenvalue weighted by molar-refractivity contribution is 5.94. The Kier molecular flexibility index (Phi) is 5.45. The van der Waals surface area contributed by atoms with E-state index in [1.54, 1.807) is 13.2 Å². The molecule has 1 fully saturated rings. The van der Waals surface area contributed by atoms with E-state index in [0.29, 0.717) is 0 Å². The number of anilines is 1. The molecule has 0 saturated carbocycles. The fourth-order valence-corrected chi connectivity index (χ4v) is 2.93. The SMILES string of the molecule is C[C@@H](C(=O)Nc1cc(F)ccc1F)N1CCN(Cc2ccco2)CC1. The molecule has 0 spiro atoms. The van der Waals surface area contributed by atoms with Crippen LogP contribution in [0.15, 0.2) is 41.0 Å². The summed E-state index contributed by atoms with van der Waals surface area (Å²) < 4.78 is 32.2. The van der Waals surface area contributed by atoms with Crippen LogP contribution in [0.3, 0.4) is 0 Å². The van der Waals surface area contributed by atoms with Crippen molar-refractivity contribution >= 4 is 11.6 Å². The smallest absolute Gasteiger partial charge is 0.241 e. The first kappa shape index (κ1) is 17.6. The Morgan fingerprint density at radius 2 is 2.00 bits per heavy atom. The number of nitrogens with one attached hydrogen (secondary N) is 1. The van der Waals surface area contributed by atoms with Gasteiger partial charge in [0.1, 0.15) is 17.4 Å². The Bertz CT molecular complexity index is 713. The summed E-state index contributed by atoms with van der Waals surface area (Å²) in [6.07, 6.45) is 1.66. The van der Waals surface area contributed by atoms with Gasteiger partial charge in [-0.05, 0) is 31.2 Å². The fourth-order valence-electron chi connectivity index (χ4n) is 2.93. The largest absolute Gasteiger partial charge is 0.468 e. The molecule has 25 heavy (non-hydrogen) atoms. The summed E-state index contributed by atoms with van der Waals surface area (Å²) in [5, 5.41) is 2.47. The maximum absolute atomic E-state index is 13.7. The second kappa shape index (κ2) is 7.76. The number of carbonyl (C=O) groups excluding carboxylic acids is 1. The van der Waals surface area contributed by atoms with Crippen molar-refractivity contribution < 1.29 is 18.0 Å². The number of benzene rings is 1. The maximum atomic E-state index is 13.7. The van der Waals surface area contributed by atoms with E-state index in [0.717, 1.165) is 56.7 Å². The van der Waals surface area contributed by atoms with Gasteiger partial charge in [-0.15, -0.1) is 0 Å². The lowest BCUT2D eigenvalue weighted by Crippen LogP contribution is -2.52. The van der Waals surface area contributed by atoms with E-state index in [2.05, 4.69) is 10.2 Å². The normalized spacial score (nSPS) is 17.4. The van der Waals surface area contributed by atoms with E-state index < -0.39 is 17.7 Å². The highest BCUT2D eigenvalue weighted by Gasteiger charge is 2.26. The molecule has 0 unspecified atom stereocenters. The van der Waals surface area contributed by atoms with E-state index >= 15 is 0 Å². The number of rotatable bonds is 5. The molecule has 2 heterocycles. The Balaban J connectivity index is 1.52. The number of hydrogen-bond acceptors (Lipinski definition) is 4. The third kappa shape index (κ3) is 4.43. The lowest BCUT2D eigenvalue weighted by molar-refractivity contribution is -0.121. The molecule has 5 nitrogen and oxygen atoms in total. The second-order valence-corrected chi connectivity index (χ2v) is 6.18. The summed E-state index contributed by atoms with van der Waals surface area (Å²) in [5.41, 5.74) is -0.131. The quantitative estimate of drug-likeness (QED) is 0.902. The Morgan fingerprint density at radius 1 is 1.24 bits per heavy atom. The van der Waals surface area contributed by atoms with Gasteiger partial charge in [0.2, 0.25) is 5.91 Å². The molecule has 1 amide bonds. The van der Waals surface area contributed by atoms with E-state index in [4.69, 9.17) is 4.42 Å². The second-order valence-electron chi connectivity index (χ2n) is 6.18. The predicted octanol–water partition coefficient (Wildman–Crippen LogP) is 2.70. The van der Waals surface area contributed by atoms with Crippen LogP contribution >= 0.6 is 0 Å². The number of hydrogen-bond donors (Lipinski definition) is 1. The minimum absolute atomic E-state index is 0.131. The number of halogens is 2. The molecule has 1 aromatic heterocycles. The lowest BCUT2D eigenvalue weighted by Gasteiger charge is -2.37. The van der Waals surface area contributed by atoms with Crippen molar-refractivity contribution in [3.05, 3.63) is 54.0 Å². The summed E-state index contributed by atoms with van der Waals surface area (Å²) in [6, 6.07) is 6.39. The molecular weight excluding hydrogens is 328 g/mol. The molecule has 7 heteroatoms. The van der Waals surface area contributed by atoms with Crippen molar-refractivity contribution in [2.45, 2.75) is 19.5 Å². The first-order valence-corrected chi connectivity index (χ1v) is 8.27. The molecule has 1 saturated heterocycles. The summed E-state index contributed by atoms with van der Waals surface area (Å²) >= 11 is 0. The highest BCUT2D eigenvalue weighted by atomic mass is 19.1. The van der Waals surface area contributed by atoms with E-state index in [1.807, 2.05) is 17.0 Å². The zero-order valence-electron chi connectivity index (χ0n) is 14.0. The molecule has 134 valence electrons. The van der Waals surface area contributed by atoms with Crippen LogP contribution in [0.1, 0.15) is 12.7 Å². The van der Waals surface area contributed by atoms with Crippen molar-refractivity contribution in [3.8, 4) is 0 Å². The first-order valence-electron chi connectivity index (χ1n) is 8.27. The fraction of sp³-hybridized carbons (Fsp3) is 0.389. The van der Waals surface area contributed by atoms with Gasteiger partial charge in [-0.2, -0.15) is 0 Å². The molecule has 0 bridgehead atoms. The van der Waals surface area contributed by atoms with Gasteiger partial charge in [-0.1, -0.05) is 0 Å². The molecule has 0 aliphatic carbocycles. The number of piperazine rings is 1. The van der Waals surface area contributed by atoms with Crippen LogP contribution in [0.5, 0.6) is 0 Å². The first-order chi connectivity index (χ1) is 12.0. The third-order valence-electron chi connectivity index (χ3n) is 4.48. The maximum Gasteiger partial charge on any atom is 0.241 e. The van der Waals surface area contributed by atoms with Gasteiger partial charge in [0.15, 0.2) is 0 Å². The predicted molar refractivity (Wildman–Crippen MR) is 90.0 cm³/mol. The average molecular weight is 349 g/mol. The molecule has 3 rings (SSSR count). The Morgan fingerprint density at radius 3 is 2.68 bits per heavy atom. The van der Waals surface area contributed by atoms with E-state index in [1.165, 1.54) is 0 Å². The van der Waals surface area contributed by atoms with Gasteiger partial charge in [0.25, 0.3) is 0 Å². The summed E-state index contributed by atoms with van der Waals surface area (Å²) in [5.74, 6) is -0.661. The summed E-state index contributed by atoms with van der Waals surface area (Å²) in [4.78, 5) is 16.6. The van der Waals surface area contributed by atoms with Gasteiger partial charge in [0.05, 0.1) is 24.5 Å². The molecule has 2 aromatic rings. The van der Waals surface area contributed by atoms with Gasteiger partial charge in [0, 0.05) is 32.2 Å². The third-order valence-corrected chi connectivity index (χ3v) is 4.48. The number of furan rings is 1. The van der Waals surface area contributed by atoms with Crippen LogP contribution in [0.25, 0.3) is 0 Å². The number of nitrogens with zero attached hydrogens (tertiary/aromatic N) is 2. The molecule has 1 aromatic carbocycles. The van der Waals surface area contributed by atoms with E-state index in [-0.39, 0.29) is 11.6 Å². The van der Waals surface area contributed by atoms with Crippen molar-refractivity contribution in [2.24, 2.45) is 0 Å². The van der Waals surface area contributed by atoms with Crippen LogP contribution in [0.2, 0.25) is 0 Å². The molecule has 1 atom stereocenters. The minimum Gasteiger partial charge on any atom is -0.468 e. The lowest BCUT2D eigenvalue weighted by atomic mass is 10.2. The zero-order valence-corrected chi connectivity index (χ0v) is 14.0. The zero-order chi connectivity index (χ0) is 17.8. The molecule has 1 aliphatic heterocycles. The Hall–Kier alpha value is -2.25. The molecular formula is C18H21F2N3O2. The van der Waals surface area contributed by atoms with Gasteiger partial charge in [-0.25, -0.2) is 8.78 Å².